The number of hydrogen-bond donors (Lipinski definition) is 4. The van der Waals surface area contributed by atoms with Crippen LogP contribution in [0.3, 0.4) is 0 Å². The van der Waals surface area contributed by atoms with Gasteiger partial charge in [0.1, 0.15) is 12.1 Å². The molecule has 6 nitrogen and oxygen atoms in total. The first-order valence-corrected chi connectivity index (χ1v) is 9.11. The Kier molecular flexibility index (Phi) is 10.2. The molecule has 2 rings (SSSR count). The molecule has 0 aliphatic rings. The van der Waals surface area contributed by atoms with E-state index in [1.807, 2.05) is 37.3 Å². The van der Waals surface area contributed by atoms with Crippen LogP contribution in [0.5, 0.6) is 0 Å². The summed E-state index contributed by atoms with van der Waals surface area (Å²) in [6.45, 7) is 4.46. The predicted molar refractivity (Wildman–Crippen MR) is 128 cm³/mol. The van der Waals surface area contributed by atoms with Crippen molar-refractivity contribution in [2.45, 2.75) is 19.4 Å². The van der Waals surface area contributed by atoms with Gasteiger partial charge in [0.05, 0.1) is 6.54 Å². The van der Waals surface area contributed by atoms with Gasteiger partial charge in [-0.2, -0.15) is 0 Å². The SMILES string of the molecule is C#Cc1cccc(NC(=O)CN=C(NCC)NCC(C)(O)c2ccccc2)c1.I. The molecule has 29 heavy (non-hydrogen) atoms. The van der Waals surface area contributed by atoms with Gasteiger partial charge in [0.25, 0.3) is 0 Å². The smallest absolute Gasteiger partial charge is 0.246 e. The maximum atomic E-state index is 12.2. The Bertz CT molecular complexity index is 861. The van der Waals surface area contributed by atoms with Gasteiger partial charge in [0, 0.05) is 17.8 Å². The monoisotopic (exact) mass is 506 g/mol. The summed E-state index contributed by atoms with van der Waals surface area (Å²) in [6.07, 6.45) is 5.37. The summed E-state index contributed by atoms with van der Waals surface area (Å²) in [4.78, 5) is 16.4. The number of carbonyl (C=O) groups is 1. The van der Waals surface area contributed by atoms with E-state index < -0.39 is 5.60 Å². The zero-order chi connectivity index (χ0) is 20.4. The average molecular weight is 506 g/mol. The number of guanidine groups is 1. The summed E-state index contributed by atoms with van der Waals surface area (Å²) in [5, 5.41) is 19.6. The van der Waals surface area contributed by atoms with Crippen molar-refractivity contribution in [1.82, 2.24) is 10.6 Å². The maximum absolute atomic E-state index is 12.2. The topological polar surface area (TPSA) is 85.8 Å². The number of benzene rings is 2. The number of amides is 1. The average Bonchev–Trinajstić information content (AvgIpc) is 2.71. The number of nitrogens with one attached hydrogen (secondary N) is 3. The molecule has 1 unspecified atom stereocenters. The molecule has 2 aromatic carbocycles. The first-order valence-electron chi connectivity index (χ1n) is 9.11. The molecule has 0 radical (unpaired) electrons. The van der Waals surface area contributed by atoms with E-state index in [0.29, 0.717) is 23.8 Å². The van der Waals surface area contributed by atoms with Crippen LogP contribution in [-0.2, 0) is 10.4 Å². The molecule has 0 fully saturated rings. The summed E-state index contributed by atoms with van der Waals surface area (Å²) in [6, 6.07) is 16.4. The lowest BCUT2D eigenvalue weighted by Crippen LogP contribution is -2.44. The van der Waals surface area contributed by atoms with Gasteiger partial charge in [-0.15, -0.1) is 30.4 Å². The normalized spacial score (nSPS) is 12.7. The number of aliphatic imine (C=N–C) groups is 1. The van der Waals surface area contributed by atoms with E-state index in [4.69, 9.17) is 6.42 Å². The highest BCUT2D eigenvalue weighted by molar-refractivity contribution is 14.0. The standard InChI is InChI=1S/C22H26N4O2.HI/c1-4-17-10-9-13-19(14-17)26-20(27)15-24-21(23-5-2)25-16-22(3,28)18-11-7-6-8-12-18;/h1,6-14,28H,5,15-16H2,2-3H3,(H,26,27)(H2,23,24,25);1H. The molecule has 0 heterocycles. The Labute approximate surface area is 189 Å². The number of nitrogens with zero attached hydrogens (tertiary/aromatic N) is 1. The van der Waals surface area contributed by atoms with Crippen LogP contribution in [-0.4, -0.2) is 36.6 Å². The van der Waals surface area contributed by atoms with Crippen molar-refractivity contribution in [3.05, 3.63) is 65.7 Å². The number of aliphatic hydroxyl groups is 1. The molecular formula is C22H27IN4O2. The van der Waals surface area contributed by atoms with Crippen molar-refractivity contribution in [3.8, 4) is 12.3 Å². The molecule has 1 amide bonds. The molecule has 0 bridgehead atoms. The second kappa shape index (κ2) is 12.1. The van der Waals surface area contributed by atoms with Crippen LogP contribution in [0.15, 0.2) is 59.6 Å². The molecule has 154 valence electrons. The van der Waals surface area contributed by atoms with Gasteiger partial charge in [-0.25, -0.2) is 4.99 Å². The molecule has 0 saturated carbocycles. The van der Waals surface area contributed by atoms with Crippen molar-refractivity contribution in [2.24, 2.45) is 4.99 Å². The third kappa shape index (κ3) is 8.13. The van der Waals surface area contributed by atoms with Crippen molar-refractivity contribution >= 4 is 41.5 Å². The molecule has 2 aromatic rings. The van der Waals surface area contributed by atoms with Gasteiger partial charge in [-0.05, 0) is 37.6 Å². The van der Waals surface area contributed by atoms with E-state index in [-0.39, 0.29) is 43.0 Å². The molecule has 7 heteroatoms. The van der Waals surface area contributed by atoms with Crippen LogP contribution in [0.1, 0.15) is 25.0 Å². The van der Waals surface area contributed by atoms with Gasteiger partial charge in [0.15, 0.2) is 5.96 Å². The van der Waals surface area contributed by atoms with E-state index >= 15 is 0 Å². The van der Waals surface area contributed by atoms with E-state index in [2.05, 4.69) is 26.9 Å². The van der Waals surface area contributed by atoms with Gasteiger partial charge >= 0.3 is 0 Å². The predicted octanol–water partition coefficient (Wildman–Crippen LogP) is 2.69. The Morgan fingerprint density at radius 3 is 2.55 bits per heavy atom. The molecule has 0 saturated heterocycles. The summed E-state index contributed by atoms with van der Waals surface area (Å²) >= 11 is 0. The molecule has 4 N–H and O–H groups in total. The minimum Gasteiger partial charge on any atom is -0.384 e. The van der Waals surface area contributed by atoms with Crippen LogP contribution in [0.4, 0.5) is 5.69 Å². The fourth-order valence-electron chi connectivity index (χ4n) is 2.53. The minimum atomic E-state index is -1.07. The van der Waals surface area contributed by atoms with Crippen molar-refractivity contribution in [3.63, 3.8) is 0 Å². The highest BCUT2D eigenvalue weighted by atomic mass is 127. The minimum absolute atomic E-state index is 0. The lowest BCUT2D eigenvalue weighted by Gasteiger charge is -2.25. The fraction of sp³-hybridized carbons (Fsp3) is 0.273. The number of rotatable bonds is 7. The van der Waals surface area contributed by atoms with Gasteiger partial charge in [-0.3, -0.25) is 4.79 Å². The van der Waals surface area contributed by atoms with E-state index in [1.165, 1.54) is 0 Å². The number of anilines is 1. The van der Waals surface area contributed by atoms with Crippen molar-refractivity contribution in [2.75, 3.05) is 25.0 Å². The Balaban J connectivity index is 0.00000420. The Morgan fingerprint density at radius 1 is 1.17 bits per heavy atom. The van der Waals surface area contributed by atoms with Crippen LogP contribution in [0.25, 0.3) is 0 Å². The second-order valence-electron chi connectivity index (χ2n) is 6.46. The lowest BCUT2D eigenvalue weighted by atomic mass is 9.96. The van der Waals surface area contributed by atoms with Crippen LogP contribution < -0.4 is 16.0 Å². The third-order valence-electron chi connectivity index (χ3n) is 4.03. The third-order valence-corrected chi connectivity index (χ3v) is 4.03. The zero-order valence-electron chi connectivity index (χ0n) is 16.6. The van der Waals surface area contributed by atoms with Crippen LogP contribution >= 0.6 is 24.0 Å². The lowest BCUT2D eigenvalue weighted by molar-refractivity contribution is -0.114. The van der Waals surface area contributed by atoms with Gasteiger partial charge in [0.2, 0.25) is 5.91 Å². The molecule has 0 aliphatic heterocycles. The zero-order valence-corrected chi connectivity index (χ0v) is 18.9. The first kappa shape index (κ1) is 24.5. The van der Waals surface area contributed by atoms with E-state index in [1.54, 1.807) is 31.2 Å². The molecule has 0 aromatic heterocycles. The van der Waals surface area contributed by atoms with Crippen LogP contribution in [0.2, 0.25) is 0 Å². The highest BCUT2D eigenvalue weighted by Crippen LogP contribution is 2.18. The molecule has 1 atom stereocenters. The largest absolute Gasteiger partial charge is 0.384 e. The first-order chi connectivity index (χ1) is 13.4. The molecule has 0 spiro atoms. The summed E-state index contributed by atoms with van der Waals surface area (Å²) in [5.74, 6) is 2.72. The van der Waals surface area contributed by atoms with Gasteiger partial charge < -0.3 is 21.1 Å². The molecule has 0 aliphatic carbocycles. The summed E-state index contributed by atoms with van der Waals surface area (Å²) < 4.78 is 0. The number of terminal acetylenes is 1. The number of carbonyl (C=O) groups excluding carboxylic acids is 1. The maximum Gasteiger partial charge on any atom is 0.246 e. The number of hydrogen-bond acceptors (Lipinski definition) is 3. The van der Waals surface area contributed by atoms with Crippen molar-refractivity contribution in [1.29, 1.82) is 0 Å². The second-order valence-corrected chi connectivity index (χ2v) is 6.46. The Hall–Kier alpha value is -2.57. The number of halogens is 1. The summed E-state index contributed by atoms with van der Waals surface area (Å²) in [7, 11) is 0. The van der Waals surface area contributed by atoms with Crippen molar-refractivity contribution < 1.29 is 9.90 Å². The Morgan fingerprint density at radius 2 is 1.90 bits per heavy atom. The van der Waals surface area contributed by atoms with E-state index in [0.717, 1.165) is 5.56 Å². The highest BCUT2D eigenvalue weighted by Gasteiger charge is 2.23. The van der Waals surface area contributed by atoms with Crippen LogP contribution in [0, 0.1) is 12.3 Å². The quantitative estimate of drug-likeness (QED) is 0.202. The fourth-order valence-corrected chi connectivity index (χ4v) is 2.53. The molecular weight excluding hydrogens is 479 g/mol. The van der Waals surface area contributed by atoms with Gasteiger partial charge in [-0.1, -0.05) is 42.3 Å². The van der Waals surface area contributed by atoms with E-state index in [9.17, 15) is 9.90 Å². The summed E-state index contributed by atoms with van der Waals surface area (Å²) in [5.41, 5.74) is 1.04.